The first kappa shape index (κ1) is 17.4. The number of hydrogen-bond donors (Lipinski definition) is 0. The molecule has 2 saturated heterocycles. The monoisotopic (exact) mass is 364 g/mol. The van der Waals surface area contributed by atoms with Crippen molar-refractivity contribution in [3.05, 3.63) is 53.5 Å². The second-order valence-electron chi connectivity index (χ2n) is 7.12. The van der Waals surface area contributed by atoms with E-state index in [9.17, 15) is 4.79 Å². The normalized spacial score (nSPS) is 20.6. The maximum Gasteiger partial charge on any atom is 0.254 e. The van der Waals surface area contributed by atoms with Gasteiger partial charge in [0.2, 0.25) is 5.88 Å². The van der Waals surface area contributed by atoms with Crippen molar-refractivity contribution in [2.75, 3.05) is 19.7 Å². The number of hydrogen-bond acceptors (Lipinski definition) is 6. The lowest BCUT2D eigenvalue weighted by Gasteiger charge is -2.52. The van der Waals surface area contributed by atoms with E-state index >= 15 is 0 Å². The molecule has 1 atom stereocenters. The van der Waals surface area contributed by atoms with Gasteiger partial charge >= 0.3 is 0 Å². The van der Waals surface area contributed by atoms with Crippen LogP contribution in [0.3, 0.4) is 0 Å². The predicted octanol–water partition coefficient (Wildman–Crippen LogP) is 2.11. The Bertz CT molecular complexity index is 902. The van der Waals surface area contributed by atoms with Crippen LogP contribution in [-0.2, 0) is 4.74 Å². The van der Waals surface area contributed by atoms with Crippen LogP contribution in [-0.4, -0.2) is 52.2 Å². The SMILES string of the molecule is Cc1cncc(O[C@@H]2CCOC3(C2)CN(C(=O)c2cccc(C#N)c2)C3)n1. The molecule has 0 bridgehead atoms. The maximum absolute atomic E-state index is 12.6. The summed E-state index contributed by atoms with van der Waals surface area (Å²) in [4.78, 5) is 22.8. The number of nitrogens with zero attached hydrogens (tertiary/aromatic N) is 4. The molecule has 7 nitrogen and oxygen atoms in total. The summed E-state index contributed by atoms with van der Waals surface area (Å²) < 4.78 is 12.0. The number of aryl methyl sites for hydroxylation is 1. The number of aromatic nitrogens is 2. The number of amides is 1. The number of carbonyl (C=O) groups is 1. The molecule has 138 valence electrons. The molecule has 2 aromatic rings. The molecular formula is C20H20N4O3. The van der Waals surface area contributed by atoms with Crippen molar-refractivity contribution in [2.45, 2.75) is 31.5 Å². The highest BCUT2D eigenvalue weighted by atomic mass is 16.5. The van der Waals surface area contributed by atoms with E-state index in [0.717, 1.165) is 12.1 Å². The van der Waals surface area contributed by atoms with Crippen molar-refractivity contribution >= 4 is 5.91 Å². The zero-order chi connectivity index (χ0) is 18.9. The zero-order valence-electron chi connectivity index (χ0n) is 15.1. The Morgan fingerprint density at radius 2 is 2.26 bits per heavy atom. The quantitative estimate of drug-likeness (QED) is 0.829. The number of nitriles is 1. The Morgan fingerprint density at radius 1 is 1.41 bits per heavy atom. The van der Waals surface area contributed by atoms with Gasteiger partial charge in [-0.3, -0.25) is 9.78 Å². The van der Waals surface area contributed by atoms with E-state index in [1.54, 1.807) is 41.6 Å². The summed E-state index contributed by atoms with van der Waals surface area (Å²) in [7, 11) is 0. The fourth-order valence-electron chi connectivity index (χ4n) is 3.67. The van der Waals surface area contributed by atoms with E-state index in [1.165, 1.54) is 0 Å². The van der Waals surface area contributed by atoms with E-state index in [0.29, 0.717) is 43.1 Å². The van der Waals surface area contributed by atoms with E-state index < -0.39 is 0 Å². The Labute approximate surface area is 157 Å². The molecule has 1 amide bonds. The molecular weight excluding hydrogens is 344 g/mol. The van der Waals surface area contributed by atoms with E-state index in [4.69, 9.17) is 14.7 Å². The van der Waals surface area contributed by atoms with Crippen LogP contribution in [0.2, 0.25) is 0 Å². The van der Waals surface area contributed by atoms with Crippen LogP contribution < -0.4 is 4.74 Å². The van der Waals surface area contributed by atoms with E-state index in [2.05, 4.69) is 16.0 Å². The van der Waals surface area contributed by atoms with Gasteiger partial charge in [0.15, 0.2) is 0 Å². The first-order chi connectivity index (χ1) is 13.1. The molecule has 2 aliphatic rings. The molecule has 0 N–H and O–H groups in total. The molecule has 1 aromatic carbocycles. The molecule has 1 aromatic heterocycles. The fourth-order valence-corrected chi connectivity index (χ4v) is 3.67. The summed E-state index contributed by atoms with van der Waals surface area (Å²) in [6.45, 7) is 3.53. The van der Waals surface area contributed by atoms with Gasteiger partial charge in [-0.15, -0.1) is 0 Å². The molecule has 0 unspecified atom stereocenters. The molecule has 2 aliphatic heterocycles. The van der Waals surface area contributed by atoms with Gasteiger partial charge in [0.1, 0.15) is 11.7 Å². The lowest BCUT2D eigenvalue weighted by molar-refractivity contribution is -0.174. The van der Waals surface area contributed by atoms with Gasteiger partial charge in [-0.2, -0.15) is 5.26 Å². The van der Waals surface area contributed by atoms with Crippen LogP contribution in [0.25, 0.3) is 0 Å². The summed E-state index contributed by atoms with van der Waals surface area (Å²) in [5.41, 5.74) is 1.47. The number of carbonyl (C=O) groups excluding carboxylic acids is 1. The van der Waals surface area contributed by atoms with Crippen molar-refractivity contribution < 1.29 is 14.3 Å². The van der Waals surface area contributed by atoms with Crippen molar-refractivity contribution in [3.63, 3.8) is 0 Å². The third-order valence-electron chi connectivity index (χ3n) is 4.95. The summed E-state index contributed by atoms with van der Waals surface area (Å²) in [6, 6.07) is 8.84. The minimum absolute atomic E-state index is 0.00554. The van der Waals surface area contributed by atoms with Crippen molar-refractivity contribution in [1.29, 1.82) is 5.26 Å². The van der Waals surface area contributed by atoms with Crippen molar-refractivity contribution in [1.82, 2.24) is 14.9 Å². The van der Waals surface area contributed by atoms with Gasteiger partial charge in [0.25, 0.3) is 5.91 Å². The smallest absolute Gasteiger partial charge is 0.254 e. The average Bonchev–Trinajstić information content (AvgIpc) is 2.66. The van der Waals surface area contributed by atoms with Gasteiger partial charge in [-0.25, -0.2) is 4.98 Å². The van der Waals surface area contributed by atoms with Crippen LogP contribution in [0.4, 0.5) is 0 Å². The first-order valence-corrected chi connectivity index (χ1v) is 8.96. The van der Waals surface area contributed by atoms with Crippen molar-refractivity contribution in [2.24, 2.45) is 0 Å². The Balaban J connectivity index is 1.38. The van der Waals surface area contributed by atoms with E-state index in [1.807, 2.05) is 6.92 Å². The summed E-state index contributed by atoms with van der Waals surface area (Å²) in [6.07, 6.45) is 4.80. The molecule has 27 heavy (non-hydrogen) atoms. The summed E-state index contributed by atoms with van der Waals surface area (Å²) >= 11 is 0. The highest BCUT2D eigenvalue weighted by molar-refractivity contribution is 5.95. The second-order valence-corrected chi connectivity index (χ2v) is 7.12. The summed E-state index contributed by atoms with van der Waals surface area (Å²) in [5.74, 6) is 0.451. The third-order valence-corrected chi connectivity index (χ3v) is 4.95. The van der Waals surface area contributed by atoms with Crippen LogP contribution in [0.15, 0.2) is 36.7 Å². The minimum Gasteiger partial charge on any atom is -0.473 e. The standard InChI is InChI=1S/C20H20N4O3/c1-14-10-22-11-18(23-14)27-17-5-6-26-20(8-17)12-24(13-20)19(25)16-4-2-3-15(7-16)9-21/h2-4,7,10-11,17H,5-6,8,12-13H2,1H3/t17-/m1/s1. The molecule has 7 heteroatoms. The predicted molar refractivity (Wildman–Crippen MR) is 96.2 cm³/mol. The topological polar surface area (TPSA) is 88.3 Å². The lowest BCUT2D eigenvalue weighted by Crippen LogP contribution is -2.67. The average molecular weight is 364 g/mol. The third kappa shape index (κ3) is 3.62. The molecule has 3 heterocycles. The van der Waals surface area contributed by atoms with Crippen LogP contribution in [0.1, 0.15) is 34.5 Å². The Kier molecular flexibility index (Phi) is 4.50. The van der Waals surface area contributed by atoms with Crippen LogP contribution in [0.5, 0.6) is 5.88 Å². The van der Waals surface area contributed by atoms with Gasteiger partial charge in [0, 0.05) is 24.6 Å². The lowest BCUT2D eigenvalue weighted by atomic mass is 9.84. The second kappa shape index (κ2) is 6.97. The number of likely N-dealkylation sites (tertiary alicyclic amines) is 1. The van der Waals surface area contributed by atoms with Crippen LogP contribution in [0, 0.1) is 18.3 Å². The molecule has 1 spiro atoms. The molecule has 4 rings (SSSR count). The Hall–Kier alpha value is -2.98. The fraction of sp³-hybridized carbons (Fsp3) is 0.400. The number of ether oxygens (including phenoxy) is 2. The molecule has 0 radical (unpaired) electrons. The number of rotatable bonds is 3. The van der Waals surface area contributed by atoms with Crippen molar-refractivity contribution in [3.8, 4) is 11.9 Å². The zero-order valence-corrected chi connectivity index (χ0v) is 15.1. The van der Waals surface area contributed by atoms with Gasteiger partial charge in [0.05, 0.1) is 43.2 Å². The minimum atomic E-state index is -0.358. The molecule has 2 fully saturated rings. The Morgan fingerprint density at radius 3 is 3.04 bits per heavy atom. The van der Waals surface area contributed by atoms with Crippen LogP contribution >= 0.6 is 0 Å². The molecule has 0 saturated carbocycles. The number of benzene rings is 1. The highest BCUT2D eigenvalue weighted by Crippen LogP contribution is 2.36. The molecule has 0 aliphatic carbocycles. The highest BCUT2D eigenvalue weighted by Gasteiger charge is 2.50. The summed E-state index contributed by atoms with van der Waals surface area (Å²) in [5, 5.41) is 9.00. The first-order valence-electron chi connectivity index (χ1n) is 8.96. The largest absolute Gasteiger partial charge is 0.473 e. The maximum atomic E-state index is 12.6. The van der Waals surface area contributed by atoms with Gasteiger partial charge in [-0.1, -0.05) is 6.07 Å². The van der Waals surface area contributed by atoms with E-state index in [-0.39, 0.29) is 17.6 Å². The van der Waals surface area contributed by atoms with Gasteiger partial charge in [-0.05, 0) is 25.1 Å². The van der Waals surface area contributed by atoms with Gasteiger partial charge < -0.3 is 14.4 Å².